The molecule has 0 aliphatic heterocycles. The van der Waals surface area contributed by atoms with Crippen molar-refractivity contribution < 1.29 is 18.7 Å². The van der Waals surface area contributed by atoms with Crippen LogP contribution in [0.3, 0.4) is 0 Å². The molecule has 0 aliphatic carbocycles. The monoisotopic (exact) mass is 234 g/mol. The summed E-state index contributed by atoms with van der Waals surface area (Å²) < 4.78 is 15.2. The highest BCUT2D eigenvalue weighted by atomic mass is 16.5. The molecule has 4 nitrogen and oxygen atoms in total. The smallest absolute Gasteiger partial charge is 0.305 e. The third-order valence-electron chi connectivity index (χ3n) is 2.68. The van der Waals surface area contributed by atoms with Crippen molar-refractivity contribution in [3.05, 3.63) is 30.0 Å². The summed E-state index contributed by atoms with van der Waals surface area (Å²) in [5.41, 5.74) is 1.76. The number of methoxy groups -OCH3 is 2. The highest BCUT2D eigenvalue weighted by molar-refractivity contribution is 5.80. The van der Waals surface area contributed by atoms with Gasteiger partial charge in [0.05, 0.1) is 20.5 Å². The normalized spacial score (nSPS) is 10.5. The molecule has 0 amide bonds. The van der Waals surface area contributed by atoms with Gasteiger partial charge in [-0.2, -0.15) is 0 Å². The van der Waals surface area contributed by atoms with E-state index in [9.17, 15) is 4.79 Å². The van der Waals surface area contributed by atoms with Crippen molar-refractivity contribution in [3.63, 3.8) is 0 Å². The Morgan fingerprint density at radius 1 is 1.35 bits per heavy atom. The first-order chi connectivity index (χ1) is 8.24. The van der Waals surface area contributed by atoms with Crippen molar-refractivity contribution >= 4 is 16.9 Å². The molecule has 2 rings (SSSR count). The molecule has 0 saturated carbocycles. The van der Waals surface area contributed by atoms with Crippen LogP contribution in [0.4, 0.5) is 0 Å². The minimum Gasteiger partial charge on any atom is -0.496 e. The van der Waals surface area contributed by atoms with Crippen molar-refractivity contribution in [2.24, 2.45) is 0 Å². The third-order valence-corrected chi connectivity index (χ3v) is 2.68. The standard InChI is InChI=1S/C13H14O4/c1-15-11-8-12-10(5-6-17-12)7-9(11)3-4-13(14)16-2/h5-8H,3-4H2,1-2H3. The maximum absolute atomic E-state index is 11.1. The van der Waals surface area contributed by atoms with Crippen molar-refractivity contribution in [2.75, 3.05) is 14.2 Å². The number of rotatable bonds is 4. The second kappa shape index (κ2) is 4.91. The highest BCUT2D eigenvalue weighted by Gasteiger charge is 2.09. The summed E-state index contributed by atoms with van der Waals surface area (Å²) >= 11 is 0. The lowest BCUT2D eigenvalue weighted by Gasteiger charge is -2.07. The Morgan fingerprint density at radius 2 is 2.18 bits per heavy atom. The van der Waals surface area contributed by atoms with Gasteiger partial charge in [-0.15, -0.1) is 0 Å². The Bertz CT molecular complexity index is 527. The minimum atomic E-state index is -0.223. The molecule has 0 aliphatic rings. The van der Waals surface area contributed by atoms with Crippen LogP contribution in [0.15, 0.2) is 28.9 Å². The molecule has 0 radical (unpaired) electrons. The highest BCUT2D eigenvalue weighted by Crippen LogP contribution is 2.27. The predicted octanol–water partition coefficient (Wildman–Crippen LogP) is 2.55. The second-order valence-corrected chi connectivity index (χ2v) is 3.70. The minimum absolute atomic E-state index is 0.223. The van der Waals surface area contributed by atoms with Crippen LogP contribution in [0.1, 0.15) is 12.0 Å². The fraction of sp³-hybridized carbons (Fsp3) is 0.308. The average molecular weight is 234 g/mol. The van der Waals surface area contributed by atoms with Crippen LogP contribution in [-0.4, -0.2) is 20.2 Å². The molecule has 1 aromatic carbocycles. The van der Waals surface area contributed by atoms with Crippen LogP contribution in [0.25, 0.3) is 11.0 Å². The third kappa shape index (κ3) is 2.41. The van der Waals surface area contributed by atoms with E-state index in [2.05, 4.69) is 4.74 Å². The van der Waals surface area contributed by atoms with Gasteiger partial charge in [-0.05, 0) is 24.1 Å². The molecule has 17 heavy (non-hydrogen) atoms. The molecule has 2 aromatic rings. The van der Waals surface area contributed by atoms with E-state index in [1.54, 1.807) is 13.4 Å². The number of hydrogen-bond donors (Lipinski definition) is 0. The Hall–Kier alpha value is -1.97. The van der Waals surface area contributed by atoms with E-state index >= 15 is 0 Å². The number of carbonyl (C=O) groups is 1. The number of fused-ring (bicyclic) bond motifs is 1. The lowest BCUT2D eigenvalue weighted by molar-refractivity contribution is -0.140. The number of ether oxygens (including phenoxy) is 2. The molecule has 1 heterocycles. The molecule has 0 unspecified atom stereocenters. The van der Waals surface area contributed by atoms with Crippen LogP contribution in [0, 0.1) is 0 Å². The zero-order valence-corrected chi connectivity index (χ0v) is 9.86. The van der Waals surface area contributed by atoms with Crippen LogP contribution in [0.5, 0.6) is 5.75 Å². The zero-order valence-electron chi connectivity index (χ0n) is 9.86. The Labute approximate surface area is 99.1 Å². The molecular weight excluding hydrogens is 220 g/mol. The molecule has 0 bridgehead atoms. The molecule has 4 heteroatoms. The molecule has 0 fully saturated rings. The first-order valence-electron chi connectivity index (χ1n) is 5.35. The number of benzene rings is 1. The van der Waals surface area contributed by atoms with Gasteiger partial charge in [0, 0.05) is 17.9 Å². The maximum atomic E-state index is 11.1. The van der Waals surface area contributed by atoms with Crippen LogP contribution >= 0.6 is 0 Å². The van der Waals surface area contributed by atoms with E-state index < -0.39 is 0 Å². The molecule has 0 N–H and O–H groups in total. The van der Waals surface area contributed by atoms with Gasteiger partial charge in [0.25, 0.3) is 0 Å². The molecule has 0 atom stereocenters. The second-order valence-electron chi connectivity index (χ2n) is 3.70. The Balaban J connectivity index is 2.27. The molecule has 0 spiro atoms. The zero-order chi connectivity index (χ0) is 12.3. The summed E-state index contributed by atoms with van der Waals surface area (Å²) in [7, 11) is 2.99. The van der Waals surface area contributed by atoms with Crippen molar-refractivity contribution in [2.45, 2.75) is 12.8 Å². The number of carbonyl (C=O) groups excluding carboxylic acids is 1. The van der Waals surface area contributed by atoms with Gasteiger partial charge in [-0.1, -0.05) is 0 Å². The van der Waals surface area contributed by atoms with Crippen molar-refractivity contribution in [1.82, 2.24) is 0 Å². The predicted molar refractivity (Wildman–Crippen MR) is 63.1 cm³/mol. The number of furan rings is 1. The quantitative estimate of drug-likeness (QED) is 0.763. The summed E-state index contributed by atoms with van der Waals surface area (Å²) in [6.07, 6.45) is 2.57. The van der Waals surface area contributed by atoms with Gasteiger partial charge in [-0.25, -0.2) is 0 Å². The van der Waals surface area contributed by atoms with Crippen LogP contribution in [0.2, 0.25) is 0 Å². The largest absolute Gasteiger partial charge is 0.496 e. The number of hydrogen-bond acceptors (Lipinski definition) is 4. The summed E-state index contributed by atoms with van der Waals surface area (Å²) in [6.45, 7) is 0. The first-order valence-corrected chi connectivity index (χ1v) is 5.35. The summed E-state index contributed by atoms with van der Waals surface area (Å²) in [5, 5.41) is 1.01. The van der Waals surface area contributed by atoms with Gasteiger partial charge in [0.1, 0.15) is 11.3 Å². The molecule has 90 valence electrons. The topological polar surface area (TPSA) is 48.7 Å². The number of aryl methyl sites for hydroxylation is 1. The van der Waals surface area contributed by atoms with E-state index in [1.807, 2.05) is 18.2 Å². The first kappa shape index (κ1) is 11.5. The van der Waals surface area contributed by atoms with Crippen molar-refractivity contribution in [1.29, 1.82) is 0 Å². The van der Waals surface area contributed by atoms with Crippen molar-refractivity contribution in [3.8, 4) is 5.75 Å². The van der Waals surface area contributed by atoms with Gasteiger partial charge in [-0.3, -0.25) is 4.79 Å². The van der Waals surface area contributed by atoms with Gasteiger partial charge >= 0.3 is 5.97 Å². The van der Waals surface area contributed by atoms with E-state index in [4.69, 9.17) is 9.15 Å². The molecule has 1 aromatic heterocycles. The van der Waals surface area contributed by atoms with Crippen LogP contribution < -0.4 is 4.74 Å². The number of esters is 1. The maximum Gasteiger partial charge on any atom is 0.305 e. The van der Waals surface area contributed by atoms with Crippen LogP contribution in [-0.2, 0) is 16.0 Å². The SMILES string of the molecule is COC(=O)CCc1cc2ccoc2cc1OC. The van der Waals surface area contributed by atoms with E-state index in [0.717, 1.165) is 22.3 Å². The molecule has 0 saturated heterocycles. The van der Waals surface area contributed by atoms with Gasteiger partial charge in [0.2, 0.25) is 0 Å². The molecular formula is C13H14O4. The van der Waals surface area contributed by atoms with E-state index in [0.29, 0.717) is 12.8 Å². The summed E-state index contributed by atoms with van der Waals surface area (Å²) in [4.78, 5) is 11.1. The average Bonchev–Trinajstić information content (AvgIpc) is 2.81. The Morgan fingerprint density at radius 3 is 2.88 bits per heavy atom. The van der Waals surface area contributed by atoms with Gasteiger partial charge in [0.15, 0.2) is 0 Å². The lowest BCUT2D eigenvalue weighted by atomic mass is 10.1. The summed E-state index contributed by atoms with van der Waals surface area (Å²) in [6, 6.07) is 5.69. The van der Waals surface area contributed by atoms with E-state index in [-0.39, 0.29) is 5.97 Å². The van der Waals surface area contributed by atoms with Gasteiger partial charge < -0.3 is 13.9 Å². The Kier molecular flexibility index (Phi) is 3.32. The fourth-order valence-electron chi connectivity index (χ4n) is 1.76. The lowest BCUT2D eigenvalue weighted by Crippen LogP contribution is -2.02. The van der Waals surface area contributed by atoms with E-state index in [1.165, 1.54) is 7.11 Å². The summed E-state index contributed by atoms with van der Waals surface area (Å²) in [5.74, 6) is 0.510. The fourth-order valence-corrected chi connectivity index (χ4v) is 1.76.